The number of hydrogen-bond donors (Lipinski definition) is 0. The highest BCUT2D eigenvalue weighted by Gasteiger charge is 2.24. The van der Waals surface area contributed by atoms with Crippen molar-refractivity contribution in [3.05, 3.63) is 42.1 Å². The Morgan fingerprint density at radius 2 is 2.24 bits per heavy atom. The van der Waals surface area contributed by atoms with Crippen LogP contribution < -0.4 is 0 Å². The molecule has 0 N–H and O–H groups in total. The second-order valence-corrected chi connectivity index (χ2v) is 5.57. The maximum atomic E-state index is 11.6. The zero-order valence-corrected chi connectivity index (χ0v) is 12.5. The molecule has 21 heavy (non-hydrogen) atoms. The van der Waals surface area contributed by atoms with Crippen molar-refractivity contribution in [2.24, 2.45) is 0 Å². The van der Waals surface area contributed by atoms with Gasteiger partial charge in [-0.15, -0.1) is 0 Å². The highest BCUT2D eigenvalue weighted by atomic mass is 16.2. The summed E-state index contributed by atoms with van der Waals surface area (Å²) in [6.45, 7) is 5.24. The molecule has 0 aliphatic carbocycles. The molecular formula is C16H20N4O. The number of nitrogens with zero attached hydrogens (tertiary/aromatic N) is 4. The standard InChI is InChI=1S/C16H20N4O/c1-12-17-8-10-20(12)16-7-3-6-15(18-16)14-5-4-9-19(11-14)13(2)21/h3,6-8,10,14H,4-5,9,11H2,1-2H3/t14-/m0/s1. The fourth-order valence-corrected chi connectivity index (χ4v) is 2.93. The summed E-state index contributed by atoms with van der Waals surface area (Å²) < 4.78 is 1.98. The third-order valence-electron chi connectivity index (χ3n) is 4.11. The van der Waals surface area contributed by atoms with E-state index < -0.39 is 0 Å². The van der Waals surface area contributed by atoms with E-state index in [1.54, 1.807) is 13.1 Å². The van der Waals surface area contributed by atoms with Crippen LogP contribution in [0.1, 0.15) is 37.2 Å². The molecule has 0 spiro atoms. The van der Waals surface area contributed by atoms with Crippen LogP contribution in [0.5, 0.6) is 0 Å². The van der Waals surface area contributed by atoms with Crippen molar-refractivity contribution in [2.45, 2.75) is 32.6 Å². The number of carbonyl (C=O) groups excluding carboxylic acids is 1. The second kappa shape index (κ2) is 5.68. The van der Waals surface area contributed by atoms with Crippen LogP contribution in [0.15, 0.2) is 30.6 Å². The average molecular weight is 284 g/mol. The van der Waals surface area contributed by atoms with E-state index in [1.165, 1.54) is 0 Å². The van der Waals surface area contributed by atoms with E-state index in [4.69, 9.17) is 4.98 Å². The summed E-state index contributed by atoms with van der Waals surface area (Å²) in [5.74, 6) is 2.30. The van der Waals surface area contributed by atoms with Gasteiger partial charge < -0.3 is 4.90 Å². The minimum atomic E-state index is 0.154. The number of aromatic nitrogens is 3. The zero-order chi connectivity index (χ0) is 14.8. The molecule has 0 unspecified atom stereocenters. The third kappa shape index (κ3) is 2.82. The van der Waals surface area contributed by atoms with E-state index in [0.29, 0.717) is 5.92 Å². The summed E-state index contributed by atoms with van der Waals surface area (Å²) in [6, 6.07) is 6.08. The number of rotatable bonds is 2. The molecule has 5 heteroatoms. The molecule has 0 aromatic carbocycles. The molecule has 1 aliphatic heterocycles. The van der Waals surface area contributed by atoms with Gasteiger partial charge in [-0.25, -0.2) is 9.97 Å². The Morgan fingerprint density at radius 1 is 1.38 bits per heavy atom. The molecule has 1 amide bonds. The van der Waals surface area contributed by atoms with Crippen molar-refractivity contribution in [3.63, 3.8) is 0 Å². The van der Waals surface area contributed by atoms with Gasteiger partial charge in [0.15, 0.2) is 0 Å². The average Bonchev–Trinajstić information content (AvgIpc) is 2.94. The molecular weight excluding hydrogens is 264 g/mol. The van der Waals surface area contributed by atoms with Crippen LogP contribution in [0.25, 0.3) is 5.82 Å². The topological polar surface area (TPSA) is 51.0 Å². The first-order chi connectivity index (χ1) is 10.1. The fourth-order valence-electron chi connectivity index (χ4n) is 2.93. The molecule has 0 radical (unpaired) electrons. The number of piperidine rings is 1. The van der Waals surface area contributed by atoms with Crippen molar-refractivity contribution in [1.29, 1.82) is 0 Å². The van der Waals surface area contributed by atoms with Gasteiger partial charge in [-0.3, -0.25) is 9.36 Å². The van der Waals surface area contributed by atoms with E-state index in [-0.39, 0.29) is 5.91 Å². The van der Waals surface area contributed by atoms with Gasteiger partial charge in [0.1, 0.15) is 11.6 Å². The Morgan fingerprint density at radius 3 is 2.95 bits per heavy atom. The quantitative estimate of drug-likeness (QED) is 0.850. The number of pyridine rings is 1. The van der Waals surface area contributed by atoms with Crippen molar-refractivity contribution < 1.29 is 4.79 Å². The molecule has 1 fully saturated rings. The lowest BCUT2D eigenvalue weighted by Crippen LogP contribution is -2.37. The highest BCUT2D eigenvalue weighted by Crippen LogP contribution is 2.26. The maximum absolute atomic E-state index is 11.6. The lowest BCUT2D eigenvalue weighted by Gasteiger charge is -2.31. The summed E-state index contributed by atoms with van der Waals surface area (Å²) in [5, 5.41) is 0. The first-order valence-corrected chi connectivity index (χ1v) is 7.38. The summed E-state index contributed by atoms with van der Waals surface area (Å²) in [4.78, 5) is 22.5. The minimum absolute atomic E-state index is 0.154. The van der Waals surface area contributed by atoms with Gasteiger partial charge in [-0.05, 0) is 31.9 Å². The molecule has 2 aromatic heterocycles. The maximum Gasteiger partial charge on any atom is 0.219 e. The summed E-state index contributed by atoms with van der Waals surface area (Å²) in [5.41, 5.74) is 1.06. The van der Waals surface area contributed by atoms with Gasteiger partial charge in [0.2, 0.25) is 5.91 Å². The Bertz CT molecular complexity index is 649. The largest absolute Gasteiger partial charge is 0.342 e. The minimum Gasteiger partial charge on any atom is -0.342 e. The van der Waals surface area contributed by atoms with Crippen molar-refractivity contribution >= 4 is 5.91 Å². The molecule has 3 heterocycles. The van der Waals surface area contributed by atoms with E-state index >= 15 is 0 Å². The monoisotopic (exact) mass is 284 g/mol. The summed E-state index contributed by atoms with van der Waals surface area (Å²) in [6.07, 6.45) is 5.83. The predicted molar refractivity (Wildman–Crippen MR) is 80.3 cm³/mol. The van der Waals surface area contributed by atoms with Gasteiger partial charge in [0.25, 0.3) is 0 Å². The molecule has 0 saturated carbocycles. The van der Waals surface area contributed by atoms with Crippen LogP contribution in [0.4, 0.5) is 0 Å². The first-order valence-electron chi connectivity index (χ1n) is 7.38. The summed E-state index contributed by atoms with van der Waals surface area (Å²) in [7, 11) is 0. The van der Waals surface area contributed by atoms with Gasteiger partial charge >= 0.3 is 0 Å². The molecule has 110 valence electrons. The third-order valence-corrected chi connectivity index (χ3v) is 4.11. The van der Waals surface area contributed by atoms with Gasteiger partial charge in [-0.2, -0.15) is 0 Å². The summed E-state index contributed by atoms with van der Waals surface area (Å²) >= 11 is 0. The number of carbonyl (C=O) groups is 1. The smallest absolute Gasteiger partial charge is 0.219 e. The Labute approximate surface area is 124 Å². The Balaban J connectivity index is 1.86. The highest BCUT2D eigenvalue weighted by molar-refractivity contribution is 5.73. The molecule has 5 nitrogen and oxygen atoms in total. The van der Waals surface area contributed by atoms with Crippen LogP contribution in [0.2, 0.25) is 0 Å². The fraction of sp³-hybridized carbons (Fsp3) is 0.438. The Kier molecular flexibility index (Phi) is 3.73. The van der Waals surface area contributed by atoms with Crippen LogP contribution in [-0.4, -0.2) is 38.4 Å². The van der Waals surface area contributed by atoms with E-state index in [1.807, 2.05) is 34.7 Å². The van der Waals surface area contributed by atoms with Crippen LogP contribution in [0.3, 0.4) is 0 Å². The molecule has 0 bridgehead atoms. The van der Waals surface area contributed by atoms with E-state index in [9.17, 15) is 4.79 Å². The molecule has 1 atom stereocenters. The lowest BCUT2D eigenvalue weighted by atomic mass is 9.94. The van der Waals surface area contributed by atoms with Crippen molar-refractivity contribution in [2.75, 3.05) is 13.1 Å². The molecule has 1 saturated heterocycles. The number of hydrogen-bond acceptors (Lipinski definition) is 3. The van der Waals surface area contributed by atoms with Gasteiger partial charge in [-0.1, -0.05) is 6.07 Å². The lowest BCUT2D eigenvalue weighted by molar-refractivity contribution is -0.130. The van der Waals surface area contributed by atoms with Crippen LogP contribution >= 0.6 is 0 Å². The number of imidazole rings is 1. The zero-order valence-electron chi connectivity index (χ0n) is 12.5. The normalized spacial score (nSPS) is 18.8. The molecule has 1 aliphatic rings. The number of aryl methyl sites for hydroxylation is 1. The second-order valence-electron chi connectivity index (χ2n) is 5.57. The Hall–Kier alpha value is -2.17. The molecule has 2 aromatic rings. The van der Waals surface area contributed by atoms with E-state index in [0.717, 1.165) is 43.3 Å². The van der Waals surface area contributed by atoms with Crippen molar-refractivity contribution in [3.8, 4) is 5.82 Å². The van der Waals surface area contributed by atoms with Crippen LogP contribution in [0, 0.1) is 6.92 Å². The first kappa shape index (κ1) is 13.8. The predicted octanol–water partition coefficient (Wildman–Crippen LogP) is 2.30. The van der Waals surface area contributed by atoms with Crippen LogP contribution in [-0.2, 0) is 4.79 Å². The van der Waals surface area contributed by atoms with Crippen molar-refractivity contribution in [1.82, 2.24) is 19.4 Å². The number of amides is 1. The number of likely N-dealkylation sites (tertiary alicyclic amines) is 1. The van der Waals surface area contributed by atoms with Gasteiger partial charge in [0.05, 0.1) is 0 Å². The van der Waals surface area contributed by atoms with E-state index in [2.05, 4.69) is 11.1 Å². The molecule has 3 rings (SSSR count). The SMILES string of the molecule is CC(=O)N1CCC[C@H](c2cccc(-n3ccnc3C)n2)C1. The van der Waals surface area contributed by atoms with Gasteiger partial charge in [0, 0.05) is 44.0 Å².